The first-order valence-corrected chi connectivity index (χ1v) is 4.01. The van der Waals surface area contributed by atoms with Gasteiger partial charge < -0.3 is 5.01 Å². The number of hydrogen-bond donors (Lipinski definition) is 0. The van der Waals surface area contributed by atoms with E-state index in [2.05, 4.69) is 44.4 Å². The molecule has 2 nitrogen and oxygen atoms in total. The minimum absolute atomic E-state index is 0. The van der Waals surface area contributed by atoms with Crippen LogP contribution in [0.25, 0.3) is 0 Å². The van der Waals surface area contributed by atoms with E-state index in [1.54, 1.807) is 0 Å². The Kier molecular flexibility index (Phi) is 6.31. The zero-order valence-electron chi connectivity index (χ0n) is 8.33. The number of hydrogen-bond acceptors (Lipinski definition) is 2. The normalized spacial score (nSPS) is 33.8. The van der Waals surface area contributed by atoms with Crippen molar-refractivity contribution < 1.29 is 58.2 Å². The van der Waals surface area contributed by atoms with Gasteiger partial charge in [-0.25, -0.2) is 6.54 Å². The van der Waals surface area contributed by atoms with E-state index in [1.165, 1.54) is 0 Å². The SMILES string of the molecule is CCN1[CH-]C(C)C(C)N1C.[Rb+]. The Bertz CT molecular complexity index is 119. The first-order valence-electron chi connectivity index (χ1n) is 4.01. The molecule has 1 aliphatic heterocycles. The maximum atomic E-state index is 2.30. The fourth-order valence-corrected chi connectivity index (χ4v) is 1.40. The molecule has 2 atom stereocenters. The average Bonchev–Trinajstić information content (AvgIpc) is 2.17. The number of rotatable bonds is 1. The Morgan fingerprint density at radius 1 is 1.36 bits per heavy atom. The van der Waals surface area contributed by atoms with E-state index in [-0.39, 0.29) is 58.2 Å². The summed E-state index contributed by atoms with van der Waals surface area (Å²) in [7, 11) is 2.15. The fourth-order valence-electron chi connectivity index (χ4n) is 1.40. The van der Waals surface area contributed by atoms with Crippen molar-refractivity contribution in [2.24, 2.45) is 5.92 Å². The summed E-state index contributed by atoms with van der Waals surface area (Å²) in [6.07, 6.45) is 0. The van der Waals surface area contributed by atoms with Crippen LogP contribution in [-0.4, -0.2) is 29.7 Å². The molecule has 1 heterocycles. The Morgan fingerprint density at radius 3 is 2.09 bits per heavy atom. The van der Waals surface area contributed by atoms with Crippen LogP contribution in [0.3, 0.4) is 0 Å². The van der Waals surface area contributed by atoms with Crippen LogP contribution in [0.5, 0.6) is 0 Å². The molecule has 0 N–H and O–H groups in total. The van der Waals surface area contributed by atoms with E-state index < -0.39 is 0 Å². The predicted octanol–water partition coefficient (Wildman–Crippen LogP) is -1.64. The van der Waals surface area contributed by atoms with E-state index >= 15 is 0 Å². The van der Waals surface area contributed by atoms with Gasteiger partial charge in [-0.1, -0.05) is 20.8 Å². The molecule has 60 valence electrons. The van der Waals surface area contributed by atoms with Crippen molar-refractivity contribution >= 4 is 0 Å². The molecule has 1 rings (SSSR count). The second-order valence-electron chi connectivity index (χ2n) is 3.08. The van der Waals surface area contributed by atoms with Gasteiger partial charge >= 0.3 is 58.2 Å². The molecule has 0 radical (unpaired) electrons. The van der Waals surface area contributed by atoms with E-state index in [9.17, 15) is 0 Å². The summed E-state index contributed by atoms with van der Waals surface area (Å²) in [5, 5.41) is 4.57. The molecule has 2 unspecified atom stereocenters. The van der Waals surface area contributed by atoms with Crippen LogP contribution in [-0.2, 0) is 0 Å². The quantitative estimate of drug-likeness (QED) is 0.495. The van der Waals surface area contributed by atoms with Crippen molar-refractivity contribution in [1.82, 2.24) is 10.0 Å². The maximum absolute atomic E-state index is 2.30. The second kappa shape index (κ2) is 5.45. The van der Waals surface area contributed by atoms with Gasteiger partial charge in [-0.15, -0.1) is 5.92 Å². The maximum Gasteiger partial charge on any atom is 1.00 e. The molecule has 0 spiro atoms. The Labute approximate surface area is 119 Å². The minimum atomic E-state index is 0. The van der Waals surface area contributed by atoms with Crippen molar-refractivity contribution in [3.63, 3.8) is 0 Å². The summed E-state index contributed by atoms with van der Waals surface area (Å²) < 4.78 is 0. The van der Waals surface area contributed by atoms with E-state index in [0.29, 0.717) is 12.0 Å². The van der Waals surface area contributed by atoms with E-state index in [4.69, 9.17) is 0 Å². The molecule has 3 heteroatoms. The first-order chi connectivity index (χ1) is 4.66. The van der Waals surface area contributed by atoms with Crippen LogP contribution >= 0.6 is 0 Å². The van der Waals surface area contributed by atoms with Gasteiger partial charge in [-0.05, 0) is 19.6 Å². The summed E-state index contributed by atoms with van der Waals surface area (Å²) in [5.74, 6) is 0.699. The molecule has 0 aromatic rings. The second-order valence-corrected chi connectivity index (χ2v) is 3.08. The smallest absolute Gasteiger partial charge is 0.392 e. The third-order valence-corrected chi connectivity index (χ3v) is 2.49. The summed E-state index contributed by atoms with van der Waals surface area (Å²) in [4.78, 5) is 0. The van der Waals surface area contributed by atoms with Crippen LogP contribution in [0.1, 0.15) is 20.8 Å². The summed E-state index contributed by atoms with van der Waals surface area (Å²) in [6.45, 7) is 10.1. The van der Waals surface area contributed by atoms with Gasteiger partial charge in [0, 0.05) is 0 Å². The minimum Gasteiger partial charge on any atom is -0.392 e. The van der Waals surface area contributed by atoms with Crippen LogP contribution in [0.2, 0.25) is 0 Å². The van der Waals surface area contributed by atoms with Gasteiger partial charge in [0.2, 0.25) is 0 Å². The Balaban J connectivity index is 0.000001000. The van der Waals surface area contributed by atoms with Crippen molar-refractivity contribution in [2.45, 2.75) is 26.8 Å². The largest absolute Gasteiger partial charge is 1.00 e. The van der Waals surface area contributed by atoms with Crippen LogP contribution < -0.4 is 58.2 Å². The van der Waals surface area contributed by atoms with Gasteiger partial charge in [-0.3, -0.25) is 5.01 Å². The molecule has 0 bridgehead atoms. The van der Waals surface area contributed by atoms with Gasteiger partial charge in [-0.2, -0.15) is 0 Å². The summed E-state index contributed by atoms with van der Waals surface area (Å²) in [5.41, 5.74) is 0. The Morgan fingerprint density at radius 2 is 1.91 bits per heavy atom. The number of hydrazine groups is 1. The molecule has 1 aliphatic rings. The van der Waals surface area contributed by atoms with Gasteiger partial charge in [0.1, 0.15) is 0 Å². The van der Waals surface area contributed by atoms with Gasteiger partial charge in [0.25, 0.3) is 0 Å². The van der Waals surface area contributed by atoms with Crippen LogP contribution in [0.15, 0.2) is 0 Å². The summed E-state index contributed by atoms with van der Waals surface area (Å²) >= 11 is 0. The summed E-state index contributed by atoms with van der Waals surface area (Å²) in [6, 6.07) is 0.667. The van der Waals surface area contributed by atoms with Crippen LogP contribution in [0.4, 0.5) is 0 Å². The topological polar surface area (TPSA) is 6.48 Å². The Hall–Kier alpha value is 1.73. The molecule has 0 aromatic heterocycles. The van der Waals surface area contributed by atoms with Crippen molar-refractivity contribution in [3.05, 3.63) is 6.54 Å². The molecular formula is C8H17N2Rb. The molecule has 0 saturated carbocycles. The molecule has 0 aliphatic carbocycles. The van der Waals surface area contributed by atoms with Crippen LogP contribution in [0, 0.1) is 12.5 Å². The fraction of sp³-hybridized carbons (Fsp3) is 0.875. The van der Waals surface area contributed by atoms with Crippen molar-refractivity contribution in [2.75, 3.05) is 13.6 Å². The molecule has 1 saturated heterocycles. The number of nitrogens with zero attached hydrogens (tertiary/aromatic N) is 2. The molecular weight excluding hydrogens is 210 g/mol. The molecule has 1 fully saturated rings. The molecule has 0 aromatic carbocycles. The first kappa shape index (κ1) is 12.7. The average molecular weight is 227 g/mol. The van der Waals surface area contributed by atoms with Gasteiger partial charge in [0.15, 0.2) is 0 Å². The third kappa shape index (κ3) is 2.85. The monoisotopic (exact) mass is 226 g/mol. The zero-order chi connectivity index (χ0) is 7.72. The zero-order valence-corrected chi connectivity index (χ0v) is 13.2. The van der Waals surface area contributed by atoms with E-state index in [0.717, 1.165) is 6.54 Å². The molecule has 11 heavy (non-hydrogen) atoms. The predicted molar refractivity (Wildman–Crippen MR) is 43.1 cm³/mol. The van der Waals surface area contributed by atoms with E-state index in [1.807, 2.05) is 0 Å². The van der Waals surface area contributed by atoms with Crippen molar-refractivity contribution in [1.29, 1.82) is 0 Å². The van der Waals surface area contributed by atoms with Crippen molar-refractivity contribution in [3.8, 4) is 0 Å². The van der Waals surface area contributed by atoms with Gasteiger partial charge in [0.05, 0.1) is 0 Å². The molecule has 0 amide bonds. The third-order valence-electron chi connectivity index (χ3n) is 2.49. The standard InChI is InChI=1S/C8H17N2.Rb/c1-5-10-6-7(2)8(3)9(10)4;/h6-8H,5H2,1-4H3;/q-1;+1.